The summed E-state index contributed by atoms with van der Waals surface area (Å²) in [5, 5.41) is 10.1. The molecule has 1 N–H and O–H groups in total. The van der Waals surface area contributed by atoms with Gasteiger partial charge in [0.2, 0.25) is 0 Å². The van der Waals surface area contributed by atoms with E-state index in [1.54, 1.807) is 12.2 Å². The lowest BCUT2D eigenvalue weighted by Gasteiger charge is -2.49. The van der Waals surface area contributed by atoms with Gasteiger partial charge in [-0.25, -0.2) is 0 Å². The third-order valence-corrected chi connectivity index (χ3v) is 3.49. The molecule has 19 heavy (non-hydrogen) atoms. The highest BCUT2D eigenvalue weighted by molar-refractivity contribution is 5.21. The predicted molar refractivity (Wildman–Crippen MR) is 69.2 cm³/mol. The molecule has 1 unspecified atom stereocenters. The Balaban J connectivity index is 1.70. The van der Waals surface area contributed by atoms with Crippen LogP contribution in [0.2, 0.25) is 0 Å². The van der Waals surface area contributed by atoms with Gasteiger partial charge in [-0.2, -0.15) is 0 Å². The van der Waals surface area contributed by atoms with Crippen LogP contribution >= 0.6 is 0 Å². The number of aliphatic hydroxyl groups is 1. The van der Waals surface area contributed by atoms with Crippen molar-refractivity contribution in [1.29, 1.82) is 0 Å². The van der Waals surface area contributed by atoms with Crippen molar-refractivity contribution in [2.75, 3.05) is 19.8 Å². The van der Waals surface area contributed by atoms with Crippen molar-refractivity contribution in [2.24, 2.45) is 5.41 Å². The van der Waals surface area contributed by atoms with E-state index < -0.39 is 12.1 Å². The largest absolute Gasteiger partial charge is 0.384 e. The maximum Gasteiger partial charge on any atom is 0.304 e. The lowest BCUT2D eigenvalue weighted by molar-refractivity contribution is -0.441. The van der Waals surface area contributed by atoms with Crippen molar-refractivity contribution in [3.05, 3.63) is 48.0 Å². The van der Waals surface area contributed by atoms with Crippen LogP contribution in [0, 0.1) is 5.41 Å². The van der Waals surface area contributed by atoms with Gasteiger partial charge in [-0.05, 0) is 11.6 Å². The fourth-order valence-electron chi connectivity index (χ4n) is 2.19. The first-order valence-electron chi connectivity index (χ1n) is 6.45. The van der Waals surface area contributed by atoms with Crippen LogP contribution in [0.3, 0.4) is 0 Å². The molecule has 0 aromatic heterocycles. The Morgan fingerprint density at radius 2 is 1.68 bits per heavy atom. The fraction of sp³-hybridized carbons (Fsp3) is 0.467. The SMILES string of the molecule is CC12COC(/C=C/C(O)c3ccccc3)(OC1)OC2. The van der Waals surface area contributed by atoms with Gasteiger partial charge in [-0.3, -0.25) is 0 Å². The Morgan fingerprint density at radius 1 is 1.11 bits per heavy atom. The van der Waals surface area contributed by atoms with Crippen LogP contribution in [-0.4, -0.2) is 30.9 Å². The molecule has 4 nitrogen and oxygen atoms in total. The van der Waals surface area contributed by atoms with Crippen LogP contribution in [-0.2, 0) is 14.2 Å². The second-order valence-corrected chi connectivity index (χ2v) is 5.49. The van der Waals surface area contributed by atoms with Gasteiger partial charge in [0, 0.05) is 11.5 Å². The smallest absolute Gasteiger partial charge is 0.304 e. The van der Waals surface area contributed by atoms with E-state index in [1.807, 2.05) is 30.3 Å². The molecule has 3 fully saturated rings. The van der Waals surface area contributed by atoms with Crippen LogP contribution in [0.4, 0.5) is 0 Å². The molecule has 1 aromatic carbocycles. The summed E-state index contributed by atoms with van der Waals surface area (Å²) in [6.45, 7) is 3.90. The van der Waals surface area contributed by atoms with Crippen LogP contribution in [0.25, 0.3) is 0 Å². The van der Waals surface area contributed by atoms with E-state index in [9.17, 15) is 5.11 Å². The number of rotatable bonds is 3. The highest BCUT2D eigenvalue weighted by Gasteiger charge is 2.48. The summed E-state index contributed by atoms with van der Waals surface area (Å²) in [6, 6.07) is 9.43. The van der Waals surface area contributed by atoms with E-state index in [4.69, 9.17) is 14.2 Å². The average Bonchev–Trinajstić information content (AvgIpc) is 2.47. The Bertz CT molecular complexity index is 444. The van der Waals surface area contributed by atoms with Crippen molar-refractivity contribution in [3.63, 3.8) is 0 Å². The zero-order chi connectivity index (χ0) is 13.3. The number of ether oxygens (including phenoxy) is 3. The van der Waals surface area contributed by atoms with Crippen molar-refractivity contribution >= 4 is 0 Å². The Morgan fingerprint density at radius 3 is 2.26 bits per heavy atom. The summed E-state index contributed by atoms with van der Waals surface area (Å²) in [4.78, 5) is 0. The topological polar surface area (TPSA) is 47.9 Å². The molecule has 3 saturated heterocycles. The molecule has 0 spiro atoms. The number of fused-ring (bicyclic) bond motifs is 3. The molecule has 0 saturated carbocycles. The zero-order valence-corrected chi connectivity index (χ0v) is 10.9. The molecule has 3 heterocycles. The molecule has 4 heteroatoms. The van der Waals surface area contributed by atoms with Crippen molar-refractivity contribution in [1.82, 2.24) is 0 Å². The molecule has 1 atom stereocenters. The van der Waals surface area contributed by atoms with Crippen molar-refractivity contribution < 1.29 is 19.3 Å². The van der Waals surface area contributed by atoms with Gasteiger partial charge in [-0.15, -0.1) is 0 Å². The Kier molecular flexibility index (Phi) is 3.19. The number of hydrogen-bond acceptors (Lipinski definition) is 4. The minimum absolute atomic E-state index is 0.0480. The normalized spacial score (nSPS) is 35.7. The Labute approximate surface area is 112 Å². The minimum Gasteiger partial charge on any atom is -0.384 e. The first kappa shape index (κ1) is 12.8. The van der Waals surface area contributed by atoms with Gasteiger partial charge in [0.1, 0.15) is 0 Å². The van der Waals surface area contributed by atoms with Gasteiger partial charge in [0.05, 0.1) is 25.9 Å². The van der Waals surface area contributed by atoms with Gasteiger partial charge < -0.3 is 19.3 Å². The van der Waals surface area contributed by atoms with E-state index in [1.165, 1.54) is 0 Å². The van der Waals surface area contributed by atoms with E-state index in [2.05, 4.69) is 6.92 Å². The first-order valence-corrected chi connectivity index (χ1v) is 6.45. The molecular formula is C15H18O4. The third-order valence-electron chi connectivity index (χ3n) is 3.49. The quantitative estimate of drug-likeness (QED) is 0.847. The lowest BCUT2D eigenvalue weighted by atomic mass is 9.92. The summed E-state index contributed by atoms with van der Waals surface area (Å²) in [5.74, 6) is -1.12. The van der Waals surface area contributed by atoms with Crippen LogP contribution < -0.4 is 0 Å². The predicted octanol–water partition coefficient (Wildman–Crippen LogP) is 2.01. The molecule has 0 amide bonds. The number of hydrogen-bond donors (Lipinski definition) is 1. The molecule has 0 radical (unpaired) electrons. The van der Waals surface area contributed by atoms with E-state index in [-0.39, 0.29) is 5.41 Å². The first-order chi connectivity index (χ1) is 9.11. The maximum atomic E-state index is 10.1. The van der Waals surface area contributed by atoms with Crippen LogP contribution in [0.5, 0.6) is 0 Å². The lowest BCUT2D eigenvalue weighted by Crippen LogP contribution is -2.57. The number of benzene rings is 1. The summed E-state index contributed by atoms with van der Waals surface area (Å²) < 4.78 is 16.8. The van der Waals surface area contributed by atoms with E-state index in [0.29, 0.717) is 19.8 Å². The maximum absolute atomic E-state index is 10.1. The zero-order valence-electron chi connectivity index (χ0n) is 10.9. The minimum atomic E-state index is -1.12. The van der Waals surface area contributed by atoms with E-state index in [0.717, 1.165) is 5.56 Å². The summed E-state index contributed by atoms with van der Waals surface area (Å²) in [6.07, 6.45) is 2.61. The highest BCUT2D eigenvalue weighted by Crippen LogP contribution is 2.38. The average molecular weight is 262 g/mol. The summed E-state index contributed by atoms with van der Waals surface area (Å²) in [7, 11) is 0. The Hall–Kier alpha value is -1.20. The van der Waals surface area contributed by atoms with Crippen LogP contribution in [0.1, 0.15) is 18.6 Å². The second-order valence-electron chi connectivity index (χ2n) is 5.49. The number of aliphatic hydroxyl groups excluding tert-OH is 1. The highest BCUT2D eigenvalue weighted by atomic mass is 16.9. The van der Waals surface area contributed by atoms with Gasteiger partial charge in [0.25, 0.3) is 0 Å². The standard InChI is InChI=1S/C15H18O4/c1-14-9-17-15(18-10-14,19-11-14)8-7-13(16)12-5-3-2-4-6-12/h2-8,13,16H,9-11H2,1H3/b8-7+. The molecule has 3 aliphatic heterocycles. The van der Waals surface area contributed by atoms with Crippen LogP contribution in [0.15, 0.2) is 42.5 Å². The van der Waals surface area contributed by atoms with Gasteiger partial charge in [0.15, 0.2) is 0 Å². The monoisotopic (exact) mass is 262 g/mol. The van der Waals surface area contributed by atoms with E-state index >= 15 is 0 Å². The molecule has 1 aromatic rings. The summed E-state index contributed by atoms with van der Waals surface area (Å²) in [5.41, 5.74) is 0.778. The molecular weight excluding hydrogens is 244 g/mol. The molecule has 3 aliphatic rings. The van der Waals surface area contributed by atoms with Crippen molar-refractivity contribution in [3.8, 4) is 0 Å². The van der Waals surface area contributed by atoms with Gasteiger partial charge >= 0.3 is 5.97 Å². The van der Waals surface area contributed by atoms with Gasteiger partial charge in [-0.1, -0.05) is 37.3 Å². The second kappa shape index (κ2) is 4.72. The molecule has 2 bridgehead atoms. The van der Waals surface area contributed by atoms with Crippen molar-refractivity contribution in [2.45, 2.75) is 19.0 Å². The molecule has 4 rings (SSSR count). The summed E-state index contributed by atoms with van der Waals surface area (Å²) >= 11 is 0. The third kappa shape index (κ3) is 2.58. The molecule has 102 valence electrons. The molecule has 0 aliphatic carbocycles. The fourth-order valence-corrected chi connectivity index (χ4v) is 2.19.